The highest BCUT2D eigenvalue weighted by molar-refractivity contribution is 9.10. The molecule has 0 aromatic heterocycles. The van der Waals surface area contributed by atoms with Gasteiger partial charge in [0.05, 0.1) is 30.1 Å². The molecule has 2 N–H and O–H groups in total. The van der Waals surface area contributed by atoms with Gasteiger partial charge < -0.3 is 14.8 Å². The lowest BCUT2D eigenvalue weighted by Crippen LogP contribution is -2.24. The van der Waals surface area contributed by atoms with Crippen molar-refractivity contribution >= 4 is 39.6 Å². The monoisotopic (exact) mass is 465 g/mol. The minimum absolute atomic E-state index is 0.0103. The quantitative estimate of drug-likeness (QED) is 0.334. The Morgan fingerprint density at radius 2 is 2.00 bits per heavy atom. The molecule has 0 aliphatic heterocycles. The van der Waals surface area contributed by atoms with E-state index in [4.69, 9.17) is 9.47 Å². The lowest BCUT2D eigenvalue weighted by molar-refractivity contribution is -0.126. The molecule has 2 aromatic carbocycles. The minimum Gasteiger partial charge on any atom is -0.493 e. The second-order valence-electron chi connectivity index (χ2n) is 5.88. The number of carbonyl (C=O) groups is 2. The van der Waals surface area contributed by atoms with Crippen LogP contribution in [0.15, 0.2) is 46.0 Å². The van der Waals surface area contributed by atoms with Crippen LogP contribution in [0, 0.1) is 5.82 Å². The highest BCUT2D eigenvalue weighted by atomic mass is 79.9. The van der Waals surface area contributed by atoms with Crippen LogP contribution >= 0.6 is 15.9 Å². The number of rotatable bonds is 9. The average Bonchev–Trinajstić information content (AvgIpc) is 2.68. The number of halogens is 2. The summed E-state index contributed by atoms with van der Waals surface area (Å²) in [7, 11) is 1.53. The number of methoxy groups -OCH3 is 1. The van der Waals surface area contributed by atoms with Crippen LogP contribution in [0.4, 0.5) is 10.1 Å². The molecule has 0 unspecified atom stereocenters. The van der Waals surface area contributed by atoms with Crippen molar-refractivity contribution in [3.63, 3.8) is 0 Å². The summed E-state index contributed by atoms with van der Waals surface area (Å²) in [6.45, 7) is 2.55. The number of anilines is 1. The highest BCUT2D eigenvalue weighted by Crippen LogP contribution is 2.36. The summed E-state index contributed by atoms with van der Waals surface area (Å²) in [6, 6.07) is 9.16. The Bertz CT molecular complexity index is 905. The number of nitrogens with one attached hydrogen (secondary N) is 2. The standard InChI is InChI=1S/C20H21BrFN3O4/c1-3-8-29-20-14(21)9-13(10-17(20)28-2)12-23-25-19(27)11-18(26)24-16-7-5-4-6-15(16)22/h4-7,9-10,12H,3,8,11H2,1-2H3,(H,24,26)(H,25,27). The van der Waals surface area contributed by atoms with E-state index in [-0.39, 0.29) is 5.69 Å². The van der Waals surface area contributed by atoms with Crippen LogP contribution in [0.1, 0.15) is 25.3 Å². The summed E-state index contributed by atoms with van der Waals surface area (Å²) in [5.74, 6) is -0.760. The Kier molecular flexibility index (Phi) is 8.60. The first kappa shape index (κ1) is 22.4. The number of ether oxygens (including phenoxy) is 2. The number of nitrogens with zero attached hydrogens (tertiary/aromatic N) is 1. The molecular formula is C20H21BrFN3O4. The van der Waals surface area contributed by atoms with Gasteiger partial charge in [0.15, 0.2) is 11.5 Å². The number of hydrogen-bond donors (Lipinski definition) is 2. The van der Waals surface area contributed by atoms with Gasteiger partial charge in [-0.05, 0) is 52.2 Å². The van der Waals surface area contributed by atoms with Crippen LogP contribution in [0.25, 0.3) is 0 Å². The Balaban J connectivity index is 1.93. The van der Waals surface area contributed by atoms with Gasteiger partial charge in [-0.25, -0.2) is 9.82 Å². The van der Waals surface area contributed by atoms with E-state index in [1.165, 1.54) is 31.5 Å². The molecule has 9 heteroatoms. The van der Waals surface area contributed by atoms with Gasteiger partial charge in [-0.2, -0.15) is 5.10 Å². The zero-order chi connectivity index (χ0) is 21.2. The SMILES string of the molecule is CCCOc1c(Br)cc(C=NNC(=O)CC(=O)Nc2ccccc2F)cc1OC. The zero-order valence-electron chi connectivity index (χ0n) is 16.0. The Labute approximate surface area is 176 Å². The molecule has 2 aromatic rings. The van der Waals surface area contributed by atoms with E-state index in [0.717, 1.165) is 6.42 Å². The van der Waals surface area contributed by atoms with Crippen molar-refractivity contribution in [1.82, 2.24) is 5.43 Å². The first-order chi connectivity index (χ1) is 13.9. The molecular weight excluding hydrogens is 445 g/mol. The number of para-hydroxylation sites is 1. The van der Waals surface area contributed by atoms with E-state index >= 15 is 0 Å². The molecule has 2 amide bonds. The molecule has 0 radical (unpaired) electrons. The molecule has 0 atom stereocenters. The third-order valence-electron chi connectivity index (χ3n) is 3.57. The molecule has 0 aliphatic rings. The largest absolute Gasteiger partial charge is 0.493 e. The summed E-state index contributed by atoms with van der Waals surface area (Å²) >= 11 is 3.42. The van der Waals surface area contributed by atoms with Gasteiger partial charge in [0.25, 0.3) is 0 Å². The van der Waals surface area contributed by atoms with Crippen molar-refractivity contribution in [2.75, 3.05) is 19.0 Å². The zero-order valence-corrected chi connectivity index (χ0v) is 17.6. The fourth-order valence-electron chi connectivity index (χ4n) is 2.28. The average molecular weight is 466 g/mol. The lowest BCUT2D eigenvalue weighted by Gasteiger charge is -2.12. The molecule has 0 bridgehead atoms. The van der Waals surface area contributed by atoms with Gasteiger partial charge in [0.2, 0.25) is 11.8 Å². The predicted octanol–water partition coefficient (Wildman–Crippen LogP) is 3.86. The molecule has 7 nitrogen and oxygen atoms in total. The number of hydrogen-bond acceptors (Lipinski definition) is 5. The minimum atomic E-state index is -0.648. The van der Waals surface area contributed by atoms with Gasteiger partial charge in [-0.1, -0.05) is 19.1 Å². The van der Waals surface area contributed by atoms with E-state index in [0.29, 0.717) is 28.1 Å². The van der Waals surface area contributed by atoms with Crippen molar-refractivity contribution in [2.45, 2.75) is 19.8 Å². The summed E-state index contributed by atoms with van der Waals surface area (Å²) in [5, 5.41) is 6.16. The summed E-state index contributed by atoms with van der Waals surface area (Å²) in [5.41, 5.74) is 2.91. The van der Waals surface area contributed by atoms with Gasteiger partial charge >= 0.3 is 0 Å². The molecule has 0 heterocycles. The molecule has 29 heavy (non-hydrogen) atoms. The number of carbonyl (C=O) groups excluding carboxylic acids is 2. The lowest BCUT2D eigenvalue weighted by atomic mass is 10.2. The Morgan fingerprint density at radius 3 is 2.69 bits per heavy atom. The van der Waals surface area contributed by atoms with Gasteiger partial charge in [-0.15, -0.1) is 0 Å². The number of benzene rings is 2. The van der Waals surface area contributed by atoms with Crippen molar-refractivity contribution < 1.29 is 23.5 Å². The first-order valence-corrected chi connectivity index (χ1v) is 9.60. The second kappa shape index (κ2) is 11.2. The molecule has 0 fully saturated rings. The molecule has 0 spiro atoms. The van der Waals surface area contributed by atoms with Crippen molar-refractivity contribution in [1.29, 1.82) is 0 Å². The predicted molar refractivity (Wildman–Crippen MR) is 112 cm³/mol. The number of amides is 2. The van der Waals surface area contributed by atoms with E-state index < -0.39 is 24.1 Å². The van der Waals surface area contributed by atoms with Gasteiger partial charge in [-0.3, -0.25) is 9.59 Å². The summed E-state index contributed by atoms with van der Waals surface area (Å²) in [4.78, 5) is 23.7. The maximum Gasteiger partial charge on any atom is 0.249 e. The highest BCUT2D eigenvalue weighted by Gasteiger charge is 2.12. The summed E-state index contributed by atoms with van der Waals surface area (Å²) in [6.07, 6.45) is 1.77. The topological polar surface area (TPSA) is 89.0 Å². The Morgan fingerprint density at radius 1 is 1.24 bits per heavy atom. The molecule has 2 rings (SSSR count). The van der Waals surface area contributed by atoms with Crippen molar-refractivity contribution in [3.05, 3.63) is 52.3 Å². The third-order valence-corrected chi connectivity index (χ3v) is 4.16. The van der Waals surface area contributed by atoms with Crippen LogP contribution in [-0.2, 0) is 9.59 Å². The van der Waals surface area contributed by atoms with Crippen LogP contribution < -0.4 is 20.2 Å². The smallest absolute Gasteiger partial charge is 0.249 e. The molecule has 0 saturated heterocycles. The summed E-state index contributed by atoms with van der Waals surface area (Å²) < 4.78 is 25.2. The third kappa shape index (κ3) is 6.86. The van der Waals surface area contributed by atoms with E-state index in [9.17, 15) is 14.0 Å². The van der Waals surface area contributed by atoms with E-state index in [1.807, 2.05) is 6.92 Å². The van der Waals surface area contributed by atoms with Crippen molar-refractivity contribution in [3.8, 4) is 11.5 Å². The Hall–Kier alpha value is -2.94. The van der Waals surface area contributed by atoms with Gasteiger partial charge in [0, 0.05) is 0 Å². The van der Waals surface area contributed by atoms with Crippen molar-refractivity contribution in [2.24, 2.45) is 5.10 Å². The first-order valence-electron chi connectivity index (χ1n) is 8.81. The maximum atomic E-state index is 13.5. The maximum absolute atomic E-state index is 13.5. The number of hydrazone groups is 1. The second-order valence-corrected chi connectivity index (χ2v) is 6.73. The van der Waals surface area contributed by atoms with Gasteiger partial charge in [0.1, 0.15) is 12.2 Å². The van der Waals surface area contributed by atoms with E-state index in [2.05, 4.69) is 31.8 Å². The molecule has 0 aliphatic carbocycles. The van der Waals surface area contributed by atoms with Crippen LogP contribution in [0.2, 0.25) is 0 Å². The van der Waals surface area contributed by atoms with Crippen LogP contribution in [0.3, 0.4) is 0 Å². The molecule has 0 saturated carbocycles. The molecule has 154 valence electrons. The van der Waals surface area contributed by atoms with Crippen LogP contribution in [0.5, 0.6) is 11.5 Å². The normalized spacial score (nSPS) is 10.6. The van der Waals surface area contributed by atoms with E-state index in [1.54, 1.807) is 18.2 Å². The fourth-order valence-corrected chi connectivity index (χ4v) is 2.85. The van der Waals surface area contributed by atoms with Crippen LogP contribution in [-0.4, -0.2) is 31.7 Å². The fraction of sp³-hybridized carbons (Fsp3) is 0.250.